The molecular weight excluding hydrogens is 711 g/mol. The number of rotatable bonds is 15. The van der Waals surface area contributed by atoms with E-state index in [0.717, 1.165) is 16.0 Å². The van der Waals surface area contributed by atoms with Crippen LogP contribution in [0.5, 0.6) is 17.2 Å². The van der Waals surface area contributed by atoms with Crippen LogP contribution in [-0.4, -0.2) is 31.9 Å². The van der Waals surface area contributed by atoms with Gasteiger partial charge >= 0.3 is 0 Å². The topological polar surface area (TPSA) is 115 Å². The van der Waals surface area contributed by atoms with E-state index < -0.39 is 17.1 Å². The van der Waals surface area contributed by atoms with E-state index in [9.17, 15) is 14.4 Å². The number of methoxy groups -OCH3 is 2. The second-order valence-corrected chi connectivity index (χ2v) is 13.3. The van der Waals surface area contributed by atoms with Crippen LogP contribution < -0.4 is 30.2 Å². The number of benzene rings is 6. The fourth-order valence-corrected chi connectivity index (χ4v) is 6.58. The van der Waals surface area contributed by atoms with Gasteiger partial charge in [0, 0.05) is 22.2 Å². The van der Waals surface area contributed by atoms with Gasteiger partial charge in [-0.3, -0.25) is 14.4 Å². The van der Waals surface area contributed by atoms with Crippen molar-refractivity contribution >= 4 is 46.9 Å². The molecule has 0 spiro atoms. The van der Waals surface area contributed by atoms with E-state index >= 15 is 0 Å². The second kappa shape index (κ2) is 18.8. The fourth-order valence-electron chi connectivity index (χ4n) is 5.49. The number of carbonyl (C=O) groups excluding carboxylic acids is 3. The van der Waals surface area contributed by atoms with E-state index in [1.165, 1.54) is 18.9 Å². The van der Waals surface area contributed by atoms with E-state index in [0.29, 0.717) is 46.4 Å². The summed E-state index contributed by atoms with van der Waals surface area (Å²) in [6.45, 7) is 0.419. The van der Waals surface area contributed by atoms with Gasteiger partial charge in [0.2, 0.25) is 5.91 Å². The lowest BCUT2D eigenvalue weighted by Gasteiger charge is -2.19. The number of nitrogens with one attached hydrogen (secondary N) is 3. The highest BCUT2D eigenvalue weighted by Gasteiger charge is 2.24. The Morgan fingerprint density at radius 3 is 2.04 bits per heavy atom. The number of anilines is 2. The first kappa shape index (κ1) is 38.0. The molecule has 3 amide bonds. The lowest BCUT2D eigenvalue weighted by molar-refractivity contribution is -0.116. The zero-order valence-corrected chi connectivity index (χ0v) is 31.0. The molecule has 0 saturated heterocycles. The average molecular weight is 750 g/mol. The molecule has 10 heteroatoms. The third-order valence-corrected chi connectivity index (χ3v) is 9.57. The van der Waals surface area contributed by atoms with Gasteiger partial charge in [-0.05, 0) is 77.4 Å². The molecule has 0 heterocycles. The minimum Gasteiger partial charge on any atom is -0.497 e. The molecule has 0 fully saturated rings. The van der Waals surface area contributed by atoms with Gasteiger partial charge in [0.1, 0.15) is 34.8 Å². The van der Waals surface area contributed by atoms with Gasteiger partial charge in [0.15, 0.2) is 0 Å². The minimum absolute atomic E-state index is 0.0415. The highest BCUT2D eigenvalue weighted by molar-refractivity contribution is 8.00. The number of carbonyl (C=O) groups is 3. The molecule has 0 aromatic heterocycles. The fraction of sp³-hybridized carbons (Fsp3) is 0.0889. The van der Waals surface area contributed by atoms with Crippen LogP contribution in [0.2, 0.25) is 0 Å². The third kappa shape index (κ3) is 10.6. The molecule has 0 aliphatic carbocycles. The molecule has 3 N–H and O–H groups in total. The zero-order valence-electron chi connectivity index (χ0n) is 30.2. The van der Waals surface area contributed by atoms with Crippen LogP contribution in [0.25, 0.3) is 6.08 Å². The van der Waals surface area contributed by atoms with Gasteiger partial charge in [-0.1, -0.05) is 97.1 Å². The monoisotopic (exact) mass is 749 g/mol. The molecule has 9 nitrogen and oxygen atoms in total. The van der Waals surface area contributed by atoms with E-state index in [-0.39, 0.29) is 11.6 Å². The van der Waals surface area contributed by atoms with Crippen LogP contribution in [-0.2, 0) is 16.2 Å². The lowest BCUT2D eigenvalue weighted by atomic mass is 10.1. The van der Waals surface area contributed by atoms with Crippen molar-refractivity contribution in [3.63, 3.8) is 0 Å². The molecule has 0 bridgehead atoms. The summed E-state index contributed by atoms with van der Waals surface area (Å²) < 4.78 is 16.7. The van der Waals surface area contributed by atoms with Crippen LogP contribution in [0.1, 0.15) is 32.3 Å². The molecule has 0 aliphatic rings. The Morgan fingerprint density at radius 2 is 1.35 bits per heavy atom. The largest absolute Gasteiger partial charge is 0.497 e. The van der Waals surface area contributed by atoms with Gasteiger partial charge in [0.25, 0.3) is 11.8 Å². The van der Waals surface area contributed by atoms with Crippen LogP contribution in [0.3, 0.4) is 0 Å². The first-order valence-corrected chi connectivity index (χ1v) is 18.3. The summed E-state index contributed by atoms with van der Waals surface area (Å²) >= 11 is 1.33. The maximum Gasteiger partial charge on any atom is 0.272 e. The number of hydrogen-bond acceptors (Lipinski definition) is 7. The van der Waals surface area contributed by atoms with Crippen molar-refractivity contribution in [3.8, 4) is 17.2 Å². The Hall–Kier alpha value is -6.78. The summed E-state index contributed by atoms with van der Waals surface area (Å²) in [5.74, 6) is 0.506. The molecule has 6 rings (SSSR count). The Morgan fingerprint density at radius 1 is 0.673 bits per heavy atom. The van der Waals surface area contributed by atoms with Crippen LogP contribution in [0.15, 0.2) is 168 Å². The van der Waals surface area contributed by atoms with Crippen molar-refractivity contribution in [2.24, 2.45) is 0 Å². The van der Waals surface area contributed by atoms with Gasteiger partial charge in [0.05, 0.1) is 19.9 Å². The predicted molar refractivity (Wildman–Crippen MR) is 217 cm³/mol. The number of hydrogen-bond donors (Lipinski definition) is 3. The molecule has 6 aromatic carbocycles. The molecule has 1 unspecified atom stereocenters. The standard InChI is InChI=1S/C45H39N3O6S/c1-52-37-25-26-39(41(29-37)53-2)47-45(51)42(33-15-8-4-9-16-33)55-38-20-12-19-35(28-38)46-44(50)40(48-43(49)34-17-10-5-11-18-34)27-31-21-23-36(24-22-31)54-30-32-13-6-3-7-14-32/h3-29,42H,30H2,1-2H3,(H,46,50)(H,47,51)(H,48,49)/b40-27-. The van der Waals surface area contributed by atoms with E-state index in [4.69, 9.17) is 14.2 Å². The number of amides is 3. The van der Waals surface area contributed by atoms with Crippen molar-refractivity contribution in [2.75, 3.05) is 24.9 Å². The maximum atomic E-state index is 13.9. The SMILES string of the molecule is COc1ccc(NC(=O)C(Sc2cccc(NC(=O)/C(=C/c3ccc(OCc4ccccc4)cc3)NC(=O)c3ccccc3)c2)c2ccccc2)c(OC)c1. The second-order valence-electron chi connectivity index (χ2n) is 12.2. The summed E-state index contributed by atoms with van der Waals surface area (Å²) in [5, 5.41) is 8.06. The molecular formula is C45H39N3O6S. The Kier molecular flexibility index (Phi) is 13.0. The summed E-state index contributed by atoms with van der Waals surface area (Å²) in [5.41, 5.74) is 3.94. The minimum atomic E-state index is -0.653. The van der Waals surface area contributed by atoms with Crippen LogP contribution in [0, 0.1) is 0 Å². The normalized spacial score (nSPS) is 11.5. The average Bonchev–Trinajstić information content (AvgIpc) is 3.23. The zero-order chi connectivity index (χ0) is 38.4. The Balaban J connectivity index is 1.21. The van der Waals surface area contributed by atoms with Crippen molar-refractivity contribution in [1.29, 1.82) is 0 Å². The van der Waals surface area contributed by atoms with Crippen LogP contribution >= 0.6 is 11.8 Å². The summed E-state index contributed by atoms with van der Waals surface area (Å²) in [6, 6.07) is 47.6. The summed E-state index contributed by atoms with van der Waals surface area (Å²) in [4.78, 5) is 41.7. The smallest absolute Gasteiger partial charge is 0.272 e. The first-order chi connectivity index (χ1) is 26.9. The molecule has 0 saturated carbocycles. The van der Waals surface area contributed by atoms with Crippen molar-refractivity contribution in [1.82, 2.24) is 5.32 Å². The molecule has 1 atom stereocenters. The summed E-state index contributed by atoms with van der Waals surface area (Å²) in [6.07, 6.45) is 1.61. The summed E-state index contributed by atoms with van der Waals surface area (Å²) in [7, 11) is 3.09. The molecule has 0 radical (unpaired) electrons. The van der Waals surface area contributed by atoms with E-state index in [1.807, 2.05) is 97.1 Å². The van der Waals surface area contributed by atoms with E-state index in [1.54, 1.807) is 73.8 Å². The molecule has 0 aliphatic heterocycles. The van der Waals surface area contributed by atoms with Gasteiger partial charge in [-0.2, -0.15) is 0 Å². The number of thioether (sulfide) groups is 1. The predicted octanol–water partition coefficient (Wildman–Crippen LogP) is 9.16. The van der Waals surface area contributed by atoms with Crippen molar-refractivity contribution in [2.45, 2.75) is 16.8 Å². The van der Waals surface area contributed by atoms with Gasteiger partial charge in [-0.15, -0.1) is 11.8 Å². The first-order valence-electron chi connectivity index (χ1n) is 17.4. The van der Waals surface area contributed by atoms with Crippen molar-refractivity contribution < 1.29 is 28.6 Å². The molecule has 276 valence electrons. The van der Waals surface area contributed by atoms with E-state index in [2.05, 4.69) is 16.0 Å². The Labute approximate surface area is 324 Å². The van der Waals surface area contributed by atoms with Gasteiger partial charge in [-0.25, -0.2) is 0 Å². The highest BCUT2D eigenvalue weighted by atomic mass is 32.2. The van der Waals surface area contributed by atoms with Gasteiger partial charge < -0.3 is 30.2 Å². The Bertz CT molecular complexity index is 2250. The quantitative estimate of drug-likeness (QED) is 0.0709. The van der Waals surface area contributed by atoms with Crippen molar-refractivity contribution in [3.05, 3.63) is 186 Å². The molecule has 6 aromatic rings. The van der Waals surface area contributed by atoms with Crippen LogP contribution in [0.4, 0.5) is 11.4 Å². The lowest BCUT2D eigenvalue weighted by Crippen LogP contribution is -2.30. The molecule has 55 heavy (non-hydrogen) atoms. The third-order valence-electron chi connectivity index (χ3n) is 8.32. The maximum absolute atomic E-state index is 13.9. The number of ether oxygens (including phenoxy) is 3. The highest BCUT2D eigenvalue weighted by Crippen LogP contribution is 2.38.